The molecule has 4 aromatic rings. The van der Waals surface area contributed by atoms with Crippen LogP contribution in [-0.4, -0.2) is 14.3 Å². The van der Waals surface area contributed by atoms with Crippen LogP contribution in [-0.2, 0) is 16.6 Å². The van der Waals surface area contributed by atoms with Gasteiger partial charge in [0.05, 0.1) is 22.7 Å². The van der Waals surface area contributed by atoms with Crippen LogP contribution in [0.3, 0.4) is 0 Å². The molecule has 36 heavy (non-hydrogen) atoms. The van der Waals surface area contributed by atoms with Gasteiger partial charge in [-0.25, -0.2) is 8.42 Å². The van der Waals surface area contributed by atoms with Gasteiger partial charge in [-0.2, -0.15) is 0 Å². The van der Waals surface area contributed by atoms with E-state index < -0.39 is 10.0 Å². The summed E-state index contributed by atoms with van der Waals surface area (Å²) in [5.74, 6) is -0.389. The van der Waals surface area contributed by atoms with Gasteiger partial charge in [0.2, 0.25) is 0 Å². The zero-order chi connectivity index (χ0) is 25.9. The Labute approximate surface area is 217 Å². The topological polar surface area (TPSA) is 66.5 Å². The predicted octanol–water partition coefficient (Wildman–Crippen LogP) is 6.91. The first-order valence-corrected chi connectivity index (χ1v) is 13.3. The fourth-order valence-corrected chi connectivity index (χ4v) is 5.43. The standard InChI is InChI=1S/C29H27ClN2O3S/c1-20-9-16-25(17-10-20)36(34,35)32(19-23-12-14-24(30)15-13-23)28-7-5-4-6-26(28)29(33)31-27-18-21(2)8-11-22(27)3/h4-18H,19H2,1-3H3,(H,31,33). The molecule has 0 radical (unpaired) electrons. The minimum absolute atomic E-state index is 0.0289. The molecule has 1 N–H and O–H groups in total. The van der Waals surface area contributed by atoms with Crippen molar-refractivity contribution >= 4 is 38.9 Å². The normalized spacial score (nSPS) is 11.2. The molecule has 7 heteroatoms. The van der Waals surface area contributed by atoms with Crippen LogP contribution < -0.4 is 9.62 Å². The minimum atomic E-state index is -4.00. The molecule has 4 aromatic carbocycles. The highest BCUT2D eigenvalue weighted by Gasteiger charge is 2.28. The number of anilines is 2. The summed E-state index contributed by atoms with van der Waals surface area (Å²) >= 11 is 6.05. The highest BCUT2D eigenvalue weighted by Crippen LogP contribution is 2.30. The molecule has 0 spiro atoms. The van der Waals surface area contributed by atoms with E-state index in [-0.39, 0.29) is 28.6 Å². The van der Waals surface area contributed by atoms with E-state index in [2.05, 4.69) is 5.32 Å². The van der Waals surface area contributed by atoms with Gasteiger partial charge in [-0.3, -0.25) is 9.10 Å². The third kappa shape index (κ3) is 5.61. The average molecular weight is 519 g/mol. The van der Waals surface area contributed by atoms with E-state index >= 15 is 0 Å². The lowest BCUT2D eigenvalue weighted by molar-refractivity contribution is 0.102. The number of hydrogen-bond acceptors (Lipinski definition) is 3. The summed E-state index contributed by atoms with van der Waals surface area (Å²) in [5.41, 5.74) is 4.83. The van der Waals surface area contributed by atoms with Crippen LogP contribution in [0, 0.1) is 20.8 Å². The molecule has 5 nitrogen and oxygen atoms in total. The lowest BCUT2D eigenvalue weighted by Gasteiger charge is -2.27. The Bertz CT molecular complexity index is 1500. The molecule has 184 valence electrons. The van der Waals surface area contributed by atoms with Crippen molar-refractivity contribution in [3.8, 4) is 0 Å². The van der Waals surface area contributed by atoms with Gasteiger partial charge in [0.25, 0.3) is 15.9 Å². The zero-order valence-electron chi connectivity index (χ0n) is 20.3. The molecule has 0 aliphatic carbocycles. The van der Waals surface area contributed by atoms with E-state index in [4.69, 9.17) is 11.6 Å². The molecular weight excluding hydrogens is 492 g/mol. The van der Waals surface area contributed by atoms with Gasteiger partial charge < -0.3 is 5.32 Å². The van der Waals surface area contributed by atoms with Crippen LogP contribution in [0.25, 0.3) is 0 Å². The van der Waals surface area contributed by atoms with Crippen molar-refractivity contribution in [1.29, 1.82) is 0 Å². The Morgan fingerprint density at radius 1 is 0.833 bits per heavy atom. The number of benzene rings is 4. The van der Waals surface area contributed by atoms with Crippen LogP contribution in [0.4, 0.5) is 11.4 Å². The van der Waals surface area contributed by atoms with Crippen molar-refractivity contribution in [1.82, 2.24) is 0 Å². The summed E-state index contributed by atoms with van der Waals surface area (Å²) in [6.07, 6.45) is 0. The number of halogens is 1. The Morgan fingerprint density at radius 3 is 2.17 bits per heavy atom. The van der Waals surface area contributed by atoms with E-state index in [9.17, 15) is 13.2 Å². The zero-order valence-corrected chi connectivity index (χ0v) is 21.9. The van der Waals surface area contributed by atoms with E-state index in [1.54, 1.807) is 72.8 Å². The van der Waals surface area contributed by atoms with Crippen LogP contribution >= 0.6 is 11.6 Å². The summed E-state index contributed by atoms with van der Waals surface area (Å²) in [5, 5.41) is 3.51. The molecule has 0 aromatic heterocycles. The number of hydrogen-bond donors (Lipinski definition) is 1. The summed E-state index contributed by atoms with van der Waals surface area (Å²) in [4.78, 5) is 13.6. The molecule has 4 rings (SSSR count). The quantitative estimate of drug-likeness (QED) is 0.289. The first-order valence-electron chi connectivity index (χ1n) is 11.5. The van der Waals surface area contributed by atoms with Crippen LogP contribution in [0.15, 0.2) is 95.9 Å². The Morgan fingerprint density at radius 2 is 1.47 bits per heavy atom. The maximum Gasteiger partial charge on any atom is 0.264 e. The number of para-hydroxylation sites is 1. The second kappa shape index (κ2) is 10.6. The van der Waals surface area contributed by atoms with Crippen molar-refractivity contribution < 1.29 is 13.2 Å². The summed E-state index contributed by atoms with van der Waals surface area (Å²) in [7, 11) is -4.00. The Balaban J connectivity index is 1.80. The molecule has 0 fully saturated rings. The van der Waals surface area contributed by atoms with Gasteiger partial charge in [-0.15, -0.1) is 0 Å². The van der Waals surface area contributed by atoms with Gasteiger partial charge in [0.1, 0.15) is 0 Å². The van der Waals surface area contributed by atoms with E-state index in [1.165, 1.54) is 4.31 Å². The molecule has 0 atom stereocenters. The number of aryl methyl sites for hydroxylation is 3. The lowest BCUT2D eigenvalue weighted by Crippen LogP contribution is -2.32. The van der Waals surface area contributed by atoms with Crippen molar-refractivity contribution in [2.45, 2.75) is 32.2 Å². The van der Waals surface area contributed by atoms with Gasteiger partial charge >= 0.3 is 0 Å². The van der Waals surface area contributed by atoms with Crippen molar-refractivity contribution in [3.05, 3.63) is 124 Å². The summed E-state index contributed by atoms with van der Waals surface area (Å²) < 4.78 is 29.1. The second-order valence-electron chi connectivity index (χ2n) is 8.74. The van der Waals surface area contributed by atoms with Crippen LogP contribution in [0.5, 0.6) is 0 Å². The van der Waals surface area contributed by atoms with Crippen molar-refractivity contribution in [2.24, 2.45) is 0 Å². The molecule has 0 aliphatic rings. The number of rotatable bonds is 7. The second-order valence-corrected chi connectivity index (χ2v) is 11.0. The molecular formula is C29H27ClN2O3S. The minimum Gasteiger partial charge on any atom is -0.322 e. The van der Waals surface area contributed by atoms with Gasteiger partial charge in [0.15, 0.2) is 0 Å². The number of nitrogens with zero attached hydrogens (tertiary/aromatic N) is 1. The van der Waals surface area contributed by atoms with Gasteiger partial charge in [-0.05, 0) is 79.9 Å². The van der Waals surface area contributed by atoms with Crippen LogP contribution in [0.2, 0.25) is 5.02 Å². The SMILES string of the molecule is Cc1ccc(S(=O)(=O)N(Cc2ccc(Cl)cc2)c2ccccc2C(=O)Nc2cc(C)ccc2C)cc1. The first-order chi connectivity index (χ1) is 17.1. The highest BCUT2D eigenvalue weighted by molar-refractivity contribution is 7.92. The number of carbonyl (C=O) groups excluding carboxylic acids is 1. The summed E-state index contributed by atoms with van der Waals surface area (Å²) in [6.45, 7) is 5.79. The summed E-state index contributed by atoms with van der Waals surface area (Å²) in [6, 6.07) is 26.2. The lowest BCUT2D eigenvalue weighted by atomic mass is 10.1. The molecule has 0 aliphatic heterocycles. The van der Waals surface area contributed by atoms with E-state index in [0.717, 1.165) is 22.3 Å². The fraction of sp³-hybridized carbons (Fsp3) is 0.138. The molecule has 0 saturated heterocycles. The molecule has 0 saturated carbocycles. The Kier molecular flexibility index (Phi) is 7.48. The maximum absolute atomic E-state index is 13.9. The third-order valence-corrected chi connectivity index (χ3v) is 7.93. The number of sulfonamides is 1. The first kappa shape index (κ1) is 25.5. The smallest absolute Gasteiger partial charge is 0.264 e. The van der Waals surface area contributed by atoms with Gasteiger partial charge in [-0.1, -0.05) is 65.7 Å². The molecule has 0 unspecified atom stereocenters. The maximum atomic E-state index is 13.9. The average Bonchev–Trinajstić information content (AvgIpc) is 2.86. The molecule has 1 amide bonds. The Hall–Kier alpha value is -3.61. The van der Waals surface area contributed by atoms with Crippen molar-refractivity contribution in [2.75, 3.05) is 9.62 Å². The number of nitrogens with one attached hydrogen (secondary N) is 1. The molecule has 0 bridgehead atoms. The van der Waals surface area contributed by atoms with E-state index in [1.807, 2.05) is 39.0 Å². The van der Waals surface area contributed by atoms with Crippen LogP contribution in [0.1, 0.15) is 32.6 Å². The molecule has 0 heterocycles. The number of carbonyl (C=O) groups is 1. The van der Waals surface area contributed by atoms with Gasteiger partial charge in [0, 0.05) is 10.7 Å². The monoisotopic (exact) mass is 518 g/mol. The third-order valence-electron chi connectivity index (χ3n) is 5.91. The van der Waals surface area contributed by atoms with Crippen molar-refractivity contribution in [3.63, 3.8) is 0 Å². The van der Waals surface area contributed by atoms with E-state index in [0.29, 0.717) is 10.7 Å². The highest BCUT2D eigenvalue weighted by atomic mass is 35.5. The fourth-order valence-electron chi connectivity index (χ4n) is 3.84. The predicted molar refractivity (Wildman–Crippen MR) is 146 cm³/mol. The largest absolute Gasteiger partial charge is 0.322 e. The number of amides is 1.